The molecule has 0 atom stereocenters. The summed E-state index contributed by atoms with van der Waals surface area (Å²) in [6.07, 6.45) is 20.2. The first-order valence-corrected chi connectivity index (χ1v) is 19.4. The standard InChI is InChI=1S/C19H22N2O2.C10H22.C7H14.C6H14O.CH5N/c1-5-7-13-14(10-22)19-20-16-15(23)9-8-12(4)18(16)21(19)17(13)11(3)6-2;1-4-7-10(8-5-2)9-6-3;1-4-6-7(3)5-2;1-3-5-7-6-4-2;1-2/h7-10,20,23H,5-6H2,1-4H3;10H,4-9H2,1-3H3;5H,4,6H2,1-3H3;3-6H2,1-2H3;2H2,1H3/b13-7+,17-11?;;7-5+;;. The Morgan fingerprint density at radius 3 is 1.84 bits per heavy atom. The molecule has 0 aliphatic heterocycles. The van der Waals surface area contributed by atoms with Gasteiger partial charge in [0.2, 0.25) is 0 Å². The molecule has 0 aliphatic carbocycles. The van der Waals surface area contributed by atoms with Crippen LogP contribution in [0.2, 0.25) is 0 Å². The summed E-state index contributed by atoms with van der Waals surface area (Å²) in [6.45, 7) is 27.7. The zero-order valence-electron chi connectivity index (χ0n) is 34.2. The number of aryl methyl sites for hydroxylation is 1. The maximum Gasteiger partial charge on any atom is 0.154 e. The van der Waals surface area contributed by atoms with Crippen molar-refractivity contribution in [1.29, 1.82) is 0 Å². The summed E-state index contributed by atoms with van der Waals surface area (Å²) in [4.78, 5) is 15.0. The molecule has 0 unspecified atom stereocenters. The van der Waals surface area contributed by atoms with E-state index >= 15 is 0 Å². The number of ether oxygens (including phenoxy) is 1. The molecule has 1 aromatic carbocycles. The van der Waals surface area contributed by atoms with Gasteiger partial charge in [0.05, 0.1) is 16.4 Å². The minimum Gasteiger partial charge on any atom is -0.506 e. The average Bonchev–Trinajstić information content (AvgIpc) is 3.64. The number of phenols is 1. The number of phenolic OH excluding ortho intramolecular Hbond substituents is 1. The third kappa shape index (κ3) is 16.6. The fourth-order valence-corrected chi connectivity index (χ4v) is 5.87. The molecule has 0 spiro atoms. The second-order valence-electron chi connectivity index (χ2n) is 12.7. The summed E-state index contributed by atoms with van der Waals surface area (Å²) in [6, 6.07) is 3.59. The minimum atomic E-state index is 0.201. The van der Waals surface area contributed by atoms with Crippen molar-refractivity contribution in [3.8, 4) is 5.75 Å². The second kappa shape index (κ2) is 30.0. The van der Waals surface area contributed by atoms with E-state index in [1.54, 1.807) is 6.07 Å². The third-order valence-electron chi connectivity index (χ3n) is 8.46. The normalized spacial score (nSPS) is 12.0. The van der Waals surface area contributed by atoms with Gasteiger partial charge in [0.1, 0.15) is 16.9 Å². The molecule has 0 saturated carbocycles. The van der Waals surface area contributed by atoms with E-state index in [1.807, 2.05) is 13.0 Å². The van der Waals surface area contributed by atoms with Crippen LogP contribution in [0.5, 0.6) is 5.75 Å². The van der Waals surface area contributed by atoms with Gasteiger partial charge in [-0.1, -0.05) is 124 Å². The Morgan fingerprint density at radius 2 is 1.45 bits per heavy atom. The zero-order chi connectivity index (χ0) is 37.8. The predicted molar refractivity (Wildman–Crippen MR) is 218 cm³/mol. The highest BCUT2D eigenvalue weighted by Gasteiger charge is 2.17. The van der Waals surface area contributed by atoms with Crippen LogP contribution >= 0.6 is 0 Å². The molecule has 0 amide bonds. The van der Waals surface area contributed by atoms with E-state index < -0.39 is 0 Å². The van der Waals surface area contributed by atoms with Gasteiger partial charge < -0.3 is 20.6 Å². The monoisotopic (exact) mass is 684 g/mol. The Morgan fingerprint density at radius 1 is 0.898 bits per heavy atom. The fraction of sp³-hybridized carbons (Fsp3) is 0.651. The van der Waals surface area contributed by atoms with Crippen LogP contribution < -0.4 is 16.3 Å². The first-order chi connectivity index (χ1) is 23.6. The molecule has 0 fully saturated rings. The predicted octanol–water partition coefficient (Wildman–Crippen LogP) is 11.2. The van der Waals surface area contributed by atoms with Crippen molar-refractivity contribution in [1.82, 2.24) is 9.38 Å². The number of imidazole rings is 1. The Balaban J connectivity index is 0. The van der Waals surface area contributed by atoms with E-state index in [2.05, 4.69) is 103 Å². The number of carbonyl (C=O) groups is 1. The number of hydrogen-bond donors (Lipinski definition) is 3. The highest BCUT2D eigenvalue weighted by molar-refractivity contribution is 5.95. The summed E-state index contributed by atoms with van der Waals surface area (Å²) < 4.78 is 7.22. The first-order valence-electron chi connectivity index (χ1n) is 19.4. The number of nitrogens with zero attached hydrogens (tertiary/aromatic N) is 1. The van der Waals surface area contributed by atoms with Crippen molar-refractivity contribution in [2.24, 2.45) is 11.7 Å². The molecule has 2 heterocycles. The van der Waals surface area contributed by atoms with E-state index in [0.717, 1.165) is 78.4 Å². The molecule has 6 nitrogen and oxygen atoms in total. The van der Waals surface area contributed by atoms with Crippen LogP contribution in [0.4, 0.5) is 0 Å². The van der Waals surface area contributed by atoms with Gasteiger partial charge in [-0.2, -0.15) is 0 Å². The summed E-state index contributed by atoms with van der Waals surface area (Å²) in [5.74, 6) is 1.23. The van der Waals surface area contributed by atoms with Crippen molar-refractivity contribution in [3.05, 3.63) is 45.5 Å². The summed E-state index contributed by atoms with van der Waals surface area (Å²) in [5.41, 5.74) is 11.3. The molecule has 3 rings (SSSR count). The quantitative estimate of drug-likeness (QED) is 0.0844. The van der Waals surface area contributed by atoms with Gasteiger partial charge in [0.15, 0.2) is 6.29 Å². The highest BCUT2D eigenvalue weighted by Crippen LogP contribution is 2.27. The number of nitrogens with one attached hydrogen (secondary N) is 1. The topological polar surface area (TPSA) is 92.8 Å². The van der Waals surface area contributed by atoms with Crippen LogP contribution in [0, 0.1) is 12.8 Å². The number of hydrogen-bond acceptors (Lipinski definition) is 4. The molecule has 0 saturated heterocycles. The first kappa shape index (κ1) is 48.3. The van der Waals surface area contributed by atoms with Crippen molar-refractivity contribution in [2.45, 2.75) is 160 Å². The molecule has 0 radical (unpaired) electrons. The van der Waals surface area contributed by atoms with Gasteiger partial charge >= 0.3 is 0 Å². The van der Waals surface area contributed by atoms with Crippen LogP contribution in [0.25, 0.3) is 28.3 Å². The maximum atomic E-state index is 11.8. The van der Waals surface area contributed by atoms with Crippen LogP contribution in [-0.4, -0.2) is 41.0 Å². The Hall–Kier alpha value is -2.83. The van der Waals surface area contributed by atoms with Crippen molar-refractivity contribution in [2.75, 3.05) is 20.3 Å². The lowest BCUT2D eigenvalue weighted by molar-refractivity contribution is 0.112. The molecule has 6 heteroatoms. The number of benzene rings is 1. The van der Waals surface area contributed by atoms with Crippen LogP contribution in [0.1, 0.15) is 169 Å². The number of carbonyl (C=O) groups excluding carboxylic acids is 1. The number of aromatic nitrogens is 2. The Labute approximate surface area is 301 Å². The van der Waals surface area contributed by atoms with Crippen molar-refractivity contribution in [3.63, 3.8) is 0 Å². The SMILES string of the molecule is C/C=C(\C)CCC.CC/C=c1\c(C=O)c2[nH]c3c(O)ccc(C)c3n2c1=C(C)CC.CCCC(CCC)CCC.CCCOCCC.CN. The van der Waals surface area contributed by atoms with Gasteiger partial charge in [-0.15, -0.1) is 0 Å². The Kier molecular flexibility index (Phi) is 29.6. The third-order valence-corrected chi connectivity index (χ3v) is 8.46. The number of allylic oxidation sites excluding steroid dienone is 2. The highest BCUT2D eigenvalue weighted by atomic mass is 16.5. The molecule has 0 aliphatic rings. The van der Waals surface area contributed by atoms with Crippen LogP contribution in [0.15, 0.2) is 23.8 Å². The summed E-state index contributed by atoms with van der Waals surface area (Å²) in [7, 11) is 1.50. The molecular formula is C43H77N3O3. The largest absolute Gasteiger partial charge is 0.506 e. The smallest absolute Gasteiger partial charge is 0.154 e. The maximum absolute atomic E-state index is 11.8. The Bertz CT molecular complexity index is 1410. The number of H-pyrrole nitrogens is 1. The summed E-state index contributed by atoms with van der Waals surface area (Å²) >= 11 is 0. The zero-order valence-corrected chi connectivity index (χ0v) is 34.2. The molecular weight excluding hydrogens is 606 g/mol. The number of nitrogens with two attached hydrogens (primary N) is 1. The van der Waals surface area contributed by atoms with E-state index in [0.29, 0.717) is 11.1 Å². The van der Waals surface area contributed by atoms with Crippen LogP contribution in [-0.2, 0) is 4.74 Å². The van der Waals surface area contributed by atoms with Crippen molar-refractivity contribution >= 4 is 34.6 Å². The van der Waals surface area contributed by atoms with Gasteiger partial charge in [-0.05, 0) is 90.0 Å². The molecule has 282 valence electrons. The lowest BCUT2D eigenvalue weighted by Crippen LogP contribution is -2.29. The van der Waals surface area contributed by atoms with Crippen molar-refractivity contribution < 1.29 is 14.6 Å². The lowest BCUT2D eigenvalue weighted by atomic mass is 9.94. The van der Waals surface area contributed by atoms with E-state index in [9.17, 15) is 9.90 Å². The van der Waals surface area contributed by atoms with Crippen LogP contribution in [0.3, 0.4) is 0 Å². The molecule has 0 bridgehead atoms. The molecule has 3 aromatic rings. The molecule has 4 N–H and O–H groups in total. The fourth-order valence-electron chi connectivity index (χ4n) is 5.87. The van der Waals surface area contributed by atoms with E-state index in [1.165, 1.54) is 69.6 Å². The number of aldehydes is 1. The minimum absolute atomic E-state index is 0.201. The summed E-state index contributed by atoms with van der Waals surface area (Å²) in [5, 5.41) is 12.2. The van der Waals surface area contributed by atoms with Gasteiger partial charge in [0, 0.05) is 18.4 Å². The number of aromatic hydroxyl groups is 1. The molecule has 49 heavy (non-hydrogen) atoms. The second-order valence-corrected chi connectivity index (χ2v) is 12.7. The number of aromatic amines is 1. The lowest BCUT2D eigenvalue weighted by Gasteiger charge is -2.12. The van der Waals surface area contributed by atoms with E-state index in [-0.39, 0.29) is 5.75 Å². The average molecular weight is 684 g/mol. The number of rotatable bonds is 15. The van der Waals surface area contributed by atoms with E-state index in [4.69, 9.17) is 4.74 Å². The van der Waals surface area contributed by atoms with Gasteiger partial charge in [-0.25, -0.2) is 0 Å². The molecule has 2 aromatic heterocycles. The van der Waals surface area contributed by atoms with Gasteiger partial charge in [0.25, 0.3) is 0 Å². The van der Waals surface area contributed by atoms with Gasteiger partial charge in [-0.3, -0.25) is 9.20 Å². The number of fused-ring (bicyclic) bond motifs is 3.